The molecule has 0 amide bonds. The van der Waals surface area contributed by atoms with Gasteiger partial charge >= 0.3 is 0 Å². The number of hydrogen-bond acceptors (Lipinski definition) is 4. The largest absolute Gasteiger partial charge is 0.442 e. The number of aromatic nitrogens is 1. The lowest BCUT2D eigenvalue weighted by Crippen LogP contribution is -2.26. The van der Waals surface area contributed by atoms with E-state index in [0.717, 1.165) is 18.7 Å². The molecule has 1 aliphatic heterocycles. The zero-order chi connectivity index (χ0) is 13.9. The molecule has 0 bridgehead atoms. The molecule has 104 valence electrons. The number of allylic oxidation sites excluding steroid dienone is 1. The van der Waals surface area contributed by atoms with Gasteiger partial charge in [0.2, 0.25) is 0 Å². The standard InChI is InChI=1S/C16H18N2O2/c1-11-18-16(19)14-5-4-13(10-15(14)20-11)3-2-12-6-8-17-9-7-12/h2-5,10,12,17H,6-9H2,1H3. The van der Waals surface area contributed by atoms with Crippen LogP contribution in [0.2, 0.25) is 0 Å². The van der Waals surface area contributed by atoms with Crippen molar-refractivity contribution in [2.45, 2.75) is 19.8 Å². The number of hydrogen-bond donors (Lipinski definition) is 1. The zero-order valence-electron chi connectivity index (χ0n) is 11.6. The van der Waals surface area contributed by atoms with Crippen LogP contribution in [0.25, 0.3) is 17.0 Å². The predicted molar refractivity (Wildman–Crippen MR) is 79.6 cm³/mol. The molecule has 1 aliphatic rings. The maximum Gasteiger partial charge on any atom is 0.283 e. The first-order valence-electron chi connectivity index (χ1n) is 7.03. The van der Waals surface area contributed by atoms with E-state index >= 15 is 0 Å². The Labute approximate surface area is 117 Å². The SMILES string of the molecule is Cc1nc(=O)c2ccc(C=CC3CCNCC3)cc2o1. The minimum Gasteiger partial charge on any atom is -0.442 e. The van der Waals surface area contributed by atoms with Crippen molar-refractivity contribution in [1.82, 2.24) is 10.3 Å². The minimum atomic E-state index is -0.224. The van der Waals surface area contributed by atoms with Gasteiger partial charge in [-0.05, 0) is 49.5 Å². The number of nitrogens with one attached hydrogen (secondary N) is 1. The van der Waals surface area contributed by atoms with E-state index in [-0.39, 0.29) is 5.56 Å². The van der Waals surface area contributed by atoms with Crippen LogP contribution in [0.15, 0.2) is 33.5 Å². The molecule has 2 heterocycles. The summed E-state index contributed by atoms with van der Waals surface area (Å²) in [4.78, 5) is 15.5. The summed E-state index contributed by atoms with van der Waals surface area (Å²) in [6.45, 7) is 3.87. The second-order valence-corrected chi connectivity index (χ2v) is 5.24. The van der Waals surface area contributed by atoms with Crippen LogP contribution in [0.5, 0.6) is 0 Å². The zero-order valence-corrected chi connectivity index (χ0v) is 11.6. The average molecular weight is 270 g/mol. The normalized spacial score (nSPS) is 17.1. The Morgan fingerprint density at radius 2 is 2.15 bits per heavy atom. The van der Waals surface area contributed by atoms with Gasteiger partial charge in [-0.25, -0.2) is 0 Å². The fourth-order valence-electron chi connectivity index (χ4n) is 2.57. The number of rotatable bonds is 2. The summed E-state index contributed by atoms with van der Waals surface area (Å²) in [6, 6.07) is 5.63. The van der Waals surface area contributed by atoms with Gasteiger partial charge in [0.05, 0.1) is 5.39 Å². The van der Waals surface area contributed by atoms with Gasteiger partial charge in [-0.3, -0.25) is 4.79 Å². The van der Waals surface area contributed by atoms with E-state index in [1.807, 2.05) is 12.1 Å². The molecule has 4 nitrogen and oxygen atoms in total. The molecule has 3 rings (SSSR count). The van der Waals surface area contributed by atoms with E-state index in [4.69, 9.17) is 4.42 Å². The van der Waals surface area contributed by atoms with Crippen LogP contribution in [0, 0.1) is 12.8 Å². The van der Waals surface area contributed by atoms with Gasteiger partial charge in [-0.2, -0.15) is 4.98 Å². The lowest BCUT2D eigenvalue weighted by molar-refractivity contribution is 0.438. The summed E-state index contributed by atoms with van der Waals surface area (Å²) in [5, 5.41) is 3.90. The first-order valence-corrected chi connectivity index (χ1v) is 7.03. The van der Waals surface area contributed by atoms with E-state index in [2.05, 4.69) is 22.5 Å². The van der Waals surface area contributed by atoms with Crippen LogP contribution >= 0.6 is 0 Å². The minimum absolute atomic E-state index is 0.224. The molecule has 0 radical (unpaired) electrons. The predicted octanol–water partition coefficient (Wildman–Crippen LogP) is 2.51. The van der Waals surface area contributed by atoms with Gasteiger partial charge < -0.3 is 9.73 Å². The van der Waals surface area contributed by atoms with Crippen molar-refractivity contribution in [1.29, 1.82) is 0 Å². The van der Waals surface area contributed by atoms with E-state index in [1.54, 1.807) is 13.0 Å². The lowest BCUT2D eigenvalue weighted by atomic mass is 9.97. The van der Waals surface area contributed by atoms with E-state index in [0.29, 0.717) is 22.8 Å². The molecule has 0 unspecified atom stereocenters. The second-order valence-electron chi connectivity index (χ2n) is 5.24. The number of benzene rings is 1. The smallest absolute Gasteiger partial charge is 0.283 e. The van der Waals surface area contributed by atoms with Crippen LogP contribution < -0.4 is 10.9 Å². The molecule has 0 saturated carbocycles. The van der Waals surface area contributed by atoms with Crippen molar-refractivity contribution in [2.24, 2.45) is 5.92 Å². The van der Waals surface area contributed by atoms with E-state index < -0.39 is 0 Å². The maximum absolute atomic E-state index is 11.7. The molecular weight excluding hydrogens is 252 g/mol. The molecule has 0 spiro atoms. The molecular formula is C16H18N2O2. The Morgan fingerprint density at radius 3 is 2.95 bits per heavy atom. The molecule has 1 aromatic heterocycles. The molecule has 4 heteroatoms. The fourth-order valence-corrected chi connectivity index (χ4v) is 2.57. The van der Waals surface area contributed by atoms with Crippen LogP contribution in [0.4, 0.5) is 0 Å². The molecule has 1 aromatic carbocycles. The van der Waals surface area contributed by atoms with Gasteiger partial charge in [0.1, 0.15) is 5.58 Å². The maximum atomic E-state index is 11.7. The monoisotopic (exact) mass is 270 g/mol. The molecule has 20 heavy (non-hydrogen) atoms. The number of piperidine rings is 1. The highest BCUT2D eigenvalue weighted by Crippen LogP contribution is 2.18. The van der Waals surface area contributed by atoms with Crippen LogP contribution in [0.3, 0.4) is 0 Å². The quantitative estimate of drug-likeness (QED) is 0.911. The van der Waals surface area contributed by atoms with Crippen molar-refractivity contribution >= 4 is 17.0 Å². The highest BCUT2D eigenvalue weighted by molar-refractivity contribution is 5.78. The Bertz CT molecular complexity index is 697. The molecule has 1 saturated heterocycles. The van der Waals surface area contributed by atoms with E-state index in [1.165, 1.54) is 12.8 Å². The van der Waals surface area contributed by atoms with Crippen molar-refractivity contribution in [3.8, 4) is 0 Å². The lowest BCUT2D eigenvalue weighted by Gasteiger charge is -2.19. The van der Waals surface area contributed by atoms with Crippen molar-refractivity contribution < 1.29 is 4.42 Å². The fraction of sp³-hybridized carbons (Fsp3) is 0.375. The summed E-state index contributed by atoms with van der Waals surface area (Å²) in [5.74, 6) is 1.04. The van der Waals surface area contributed by atoms with Crippen molar-refractivity contribution in [3.63, 3.8) is 0 Å². The Morgan fingerprint density at radius 1 is 1.35 bits per heavy atom. The highest BCUT2D eigenvalue weighted by Gasteiger charge is 2.09. The van der Waals surface area contributed by atoms with Crippen molar-refractivity contribution in [2.75, 3.05) is 13.1 Å². The first-order chi connectivity index (χ1) is 9.72. The number of fused-ring (bicyclic) bond motifs is 1. The van der Waals surface area contributed by atoms with E-state index in [9.17, 15) is 4.79 Å². The van der Waals surface area contributed by atoms with Gasteiger partial charge in [0, 0.05) is 6.92 Å². The van der Waals surface area contributed by atoms with Gasteiger partial charge in [0.25, 0.3) is 5.56 Å². The summed E-state index contributed by atoms with van der Waals surface area (Å²) < 4.78 is 5.52. The second kappa shape index (κ2) is 5.59. The Balaban J connectivity index is 1.88. The average Bonchev–Trinajstić information content (AvgIpc) is 2.45. The highest BCUT2D eigenvalue weighted by atomic mass is 16.3. The van der Waals surface area contributed by atoms with Gasteiger partial charge in [-0.15, -0.1) is 0 Å². The van der Waals surface area contributed by atoms with Crippen LogP contribution in [0.1, 0.15) is 24.3 Å². The third-order valence-corrected chi connectivity index (χ3v) is 3.70. The molecule has 0 aliphatic carbocycles. The van der Waals surface area contributed by atoms with Crippen LogP contribution in [-0.2, 0) is 0 Å². The number of nitrogens with zero attached hydrogens (tertiary/aromatic N) is 1. The summed E-state index contributed by atoms with van der Waals surface area (Å²) >= 11 is 0. The Kier molecular flexibility index (Phi) is 3.65. The third kappa shape index (κ3) is 2.80. The topological polar surface area (TPSA) is 55.1 Å². The number of aryl methyl sites for hydroxylation is 1. The summed E-state index contributed by atoms with van der Waals surface area (Å²) in [7, 11) is 0. The Hall–Kier alpha value is -1.94. The summed E-state index contributed by atoms with van der Waals surface area (Å²) in [6.07, 6.45) is 6.74. The van der Waals surface area contributed by atoms with Crippen LogP contribution in [-0.4, -0.2) is 18.1 Å². The first kappa shape index (κ1) is 13.1. The molecule has 1 N–H and O–H groups in total. The molecule has 0 atom stereocenters. The van der Waals surface area contributed by atoms with Gasteiger partial charge in [0.15, 0.2) is 5.89 Å². The van der Waals surface area contributed by atoms with Gasteiger partial charge in [-0.1, -0.05) is 18.2 Å². The molecule has 2 aromatic rings. The molecule has 1 fully saturated rings. The third-order valence-electron chi connectivity index (χ3n) is 3.70. The summed E-state index contributed by atoms with van der Waals surface area (Å²) in [5.41, 5.74) is 1.44. The van der Waals surface area contributed by atoms with Crippen molar-refractivity contribution in [3.05, 3.63) is 46.1 Å².